The van der Waals surface area contributed by atoms with E-state index in [-0.39, 0.29) is 0 Å². The maximum Gasteiger partial charge on any atom is 0.0134 e. The standard InChI is InChI=1S/C9H11S/c1-7-5-4-6-8(2)9(7)10-3/h4-5H,1-3H3. The molecule has 0 fully saturated rings. The molecule has 0 aliphatic heterocycles. The van der Waals surface area contributed by atoms with Crippen molar-refractivity contribution in [3.8, 4) is 0 Å². The molecule has 0 saturated heterocycles. The summed E-state index contributed by atoms with van der Waals surface area (Å²) in [5.74, 6) is 0. The molecule has 0 amide bonds. The van der Waals surface area contributed by atoms with Crippen LogP contribution in [0.2, 0.25) is 0 Å². The predicted molar refractivity (Wildman–Crippen MR) is 46.5 cm³/mol. The molecular weight excluding hydrogens is 140 g/mol. The van der Waals surface area contributed by atoms with Crippen LogP contribution in [0.15, 0.2) is 17.0 Å². The quantitative estimate of drug-likeness (QED) is 0.556. The fourth-order valence-electron chi connectivity index (χ4n) is 1.04. The van der Waals surface area contributed by atoms with Gasteiger partial charge in [-0.3, -0.25) is 0 Å². The monoisotopic (exact) mass is 151 g/mol. The van der Waals surface area contributed by atoms with Gasteiger partial charge in [0.2, 0.25) is 0 Å². The van der Waals surface area contributed by atoms with E-state index in [4.69, 9.17) is 0 Å². The van der Waals surface area contributed by atoms with E-state index in [9.17, 15) is 0 Å². The number of hydrogen-bond donors (Lipinski definition) is 0. The van der Waals surface area contributed by atoms with E-state index in [0.717, 1.165) is 0 Å². The average molecular weight is 151 g/mol. The lowest BCUT2D eigenvalue weighted by molar-refractivity contribution is 1.22. The highest BCUT2D eigenvalue weighted by atomic mass is 32.2. The molecule has 0 spiro atoms. The Morgan fingerprint density at radius 3 is 2.50 bits per heavy atom. The molecule has 1 aromatic carbocycles. The first-order chi connectivity index (χ1) is 4.75. The van der Waals surface area contributed by atoms with Crippen molar-refractivity contribution in [3.63, 3.8) is 0 Å². The number of rotatable bonds is 1. The van der Waals surface area contributed by atoms with Crippen LogP contribution in [0.1, 0.15) is 11.1 Å². The Hall–Kier alpha value is -0.430. The summed E-state index contributed by atoms with van der Waals surface area (Å²) in [7, 11) is 0. The van der Waals surface area contributed by atoms with Gasteiger partial charge in [-0.15, -0.1) is 11.8 Å². The fraction of sp³-hybridized carbons (Fsp3) is 0.333. The Balaban J connectivity index is 3.17. The second-order valence-electron chi connectivity index (χ2n) is 2.32. The average Bonchev–Trinajstić information content (AvgIpc) is 1.88. The number of thioether (sulfide) groups is 1. The first kappa shape index (κ1) is 7.67. The van der Waals surface area contributed by atoms with E-state index in [2.05, 4.69) is 32.2 Å². The normalized spacial score (nSPS) is 9.90. The van der Waals surface area contributed by atoms with Crippen molar-refractivity contribution in [3.05, 3.63) is 29.3 Å². The summed E-state index contributed by atoms with van der Waals surface area (Å²) in [6.07, 6.45) is 2.10. The van der Waals surface area contributed by atoms with Crippen molar-refractivity contribution in [2.75, 3.05) is 6.26 Å². The number of benzene rings is 1. The maximum atomic E-state index is 3.17. The summed E-state index contributed by atoms with van der Waals surface area (Å²) in [4.78, 5) is 1.36. The molecule has 0 N–H and O–H groups in total. The molecule has 1 heteroatoms. The van der Waals surface area contributed by atoms with Gasteiger partial charge in [-0.25, -0.2) is 0 Å². The molecule has 0 bridgehead atoms. The summed E-state index contributed by atoms with van der Waals surface area (Å²) in [6, 6.07) is 7.24. The molecule has 0 atom stereocenters. The molecule has 53 valence electrons. The summed E-state index contributed by atoms with van der Waals surface area (Å²) < 4.78 is 0. The Morgan fingerprint density at radius 2 is 2.10 bits per heavy atom. The van der Waals surface area contributed by atoms with Gasteiger partial charge in [0.05, 0.1) is 0 Å². The fourth-order valence-corrected chi connectivity index (χ4v) is 1.80. The largest absolute Gasteiger partial charge is 0.129 e. The van der Waals surface area contributed by atoms with Gasteiger partial charge in [-0.05, 0) is 37.3 Å². The van der Waals surface area contributed by atoms with Gasteiger partial charge in [-0.2, -0.15) is 0 Å². The molecule has 10 heavy (non-hydrogen) atoms. The third kappa shape index (κ3) is 1.35. The van der Waals surface area contributed by atoms with Crippen molar-refractivity contribution < 1.29 is 0 Å². The van der Waals surface area contributed by atoms with Crippen LogP contribution in [0, 0.1) is 19.9 Å². The molecule has 0 saturated carbocycles. The number of hydrogen-bond acceptors (Lipinski definition) is 1. The molecule has 0 aromatic heterocycles. The minimum absolute atomic E-state index is 1.26. The van der Waals surface area contributed by atoms with E-state index < -0.39 is 0 Å². The molecule has 1 radical (unpaired) electrons. The predicted octanol–water partition coefficient (Wildman–Crippen LogP) is 2.83. The zero-order valence-electron chi connectivity index (χ0n) is 6.56. The van der Waals surface area contributed by atoms with Crippen molar-refractivity contribution >= 4 is 11.8 Å². The van der Waals surface area contributed by atoms with Crippen molar-refractivity contribution in [1.29, 1.82) is 0 Å². The van der Waals surface area contributed by atoms with Crippen LogP contribution >= 0.6 is 11.8 Å². The van der Waals surface area contributed by atoms with Crippen LogP contribution in [0.3, 0.4) is 0 Å². The van der Waals surface area contributed by atoms with Crippen LogP contribution in [-0.2, 0) is 0 Å². The first-order valence-corrected chi connectivity index (χ1v) is 4.50. The summed E-state index contributed by atoms with van der Waals surface area (Å²) >= 11 is 1.79. The molecule has 0 heterocycles. The minimum Gasteiger partial charge on any atom is -0.129 e. The van der Waals surface area contributed by atoms with Gasteiger partial charge in [-0.1, -0.05) is 12.1 Å². The minimum atomic E-state index is 1.26. The highest BCUT2D eigenvalue weighted by Gasteiger charge is 1.97. The molecule has 0 unspecified atom stereocenters. The molecule has 0 aliphatic rings. The van der Waals surface area contributed by atoms with Gasteiger partial charge in [0.25, 0.3) is 0 Å². The van der Waals surface area contributed by atoms with Gasteiger partial charge >= 0.3 is 0 Å². The van der Waals surface area contributed by atoms with Crippen LogP contribution in [-0.4, -0.2) is 6.26 Å². The van der Waals surface area contributed by atoms with Crippen molar-refractivity contribution in [2.24, 2.45) is 0 Å². The molecule has 0 aliphatic carbocycles. The van der Waals surface area contributed by atoms with Gasteiger partial charge in [0.1, 0.15) is 0 Å². The zero-order valence-corrected chi connectivity index (χ0v) is 7.38. The number of aryl methyl sites for hydroxylation is 2. The lowest BCUT2D eigenvalue weighted by Crippen LogP contribution is -1.82. The SMILES string of the molecule is CSc1c(C)[c]ccc1C. The third-order valence-electron chi connectivity index (χ3n) is 1.54. The Kier molecular flexibility index (Phi) is 2.39. The molecule has 1 aromatic rings. The van der Waals surface area contributed by atoms with Crippen molar-refractivity contribution in [2.45, 2.75) is 18.7 Å². The Labute approximate surface area is 66.6 Å². The van der Waals surface area contributed by atoms with Gasteiger partial charge in [0, 0.05) is 4.90 Å². The molecular formula is C9H11S. The smallest absolute Gasteiger partial charge is 0.0134 e. The lowest BCUT2D eigenvalue weighted by Gasteiger charge is -2.03. The maximum absolute atomic E-state index is 3.17. The van der Waals surface area contributed by atoms with E-state index in [1.54, 1.807) is 11.8 Å². The second kappa shape index (κ2) is 3.11. The zero-order chi connectivity index (χ0) is 7.56. The third-order valence-corrected chi connectivity index (χ3v) is 2.57. The second-order valence-corrected chi connectivity index (χ2v) is 3.14. The van der Waals surface area contributed by atoms with E-state index >= 15 is 0 Å². The highest BCUT2D eigenvalue weighted by Crippen LogP contribution is 2.22. The summed E-state index contributed by atoms with van der Waals surface area (Å²) in [5, 5.41) is 0. The first-order valence-electron chi connectivity index (χ1n) is 3.27. The van der Waals surface area contributed by atoms with Crippen LogP contribution in [0.4, 0.5) is 0 Å². The van der Waals surface area contributed by atoms with Gasteiger partial charge < -0.3 is 0 Å². The topological polar surface area (TPSA) is 0 Å². The van der Waals surface area contributed by atoms with Crippen LogP contribution in [0.5, 0.6) is 0 Å². The Bertz CT molecular complexity index is 208. The molecule has 0 nitrogen and oxygen atoms in total. The Morgan fingerprint density at radius 1 is 1.40 bits per heavy atom. The van der Waals surface area contributed by atoms with E-state index in [1.807, 2.05) is 6.07 Å². The van der Waals surface area contributed by atoms with Crippen LogP contribution < -0.4 is 0 Å². The van der Waals surface area contributed by atoms with E-state index in [0.29, 0.717) is 0 Å². The van der Waals surface area contributed by atoms with E-state index in [1.165, 1.54) is 16.0 Å². The van der Waals surface area contributed by atoms with Gasteiger partial charge in [0.15, 0.2) is 0 Å². The van der Waals surface area contributed by atoms with Crippen LogP contribution in [0.25, 0.3) is 0 Å². The summed E-state index contributed by atoms with van der Waals surface area (Å²) in [5.41, 5.74) is 2.61. The highest BCUT2D eigenvalue weighted by molar-refractivity contribution is 7.98. The molecule has 1 rings (SSSR count). The summed E-state index contributed by atoms with van der Waals surface area (Å²) in [6.45, 7) is 4.23. The lowest BCUT2D eigenvalue weighted by atomic mass is 10.2. The van der Waals surface area contributed by atoms with Crippen molar-refractivity contribution in [1.82, 2.24) is 0 Å².